The minimum Gasteiger partial charge on any atom is -0.480 e. The second-order valence-electron chi connectivity index (χ2n) is 21.5. The molecule has 8 N–H and O–H groups in total. The number of rotatable bonds is 26. The first-order valence-electron chi connectivity index (χ1n) is 28.3. The summed E-state index contributed by atoms with van der Waals surface area (Å²) in [7, 11) is 0. The number of hydrogen-bond donors (Lipinski definition) is 8. The molecule has 3 fully saturated rings. The highest BCUT2D eigenvalue weighted by Gasteiger charge is 2.25. The highest BCUT2D eigenvalue weighted by Crippen LogP contribution is 2.10. The fourth-order valence-electron chi connectivity index (χ4n) is 10.3. The molecular weight excluding hydrogens is 1110 g/mol. The molecule has 0 amide bonds. The molecule has 0 bridgehead atoms. The first-order chi connectivity index (χ1) is 40.1. The lowest BCUT2D eigenvalue weighted by atomic mass is 10.3. The van der Waals surface area contributed by atoms with Gasteiger partial charge in [0.05, 0.1) is 76.8 Å². The molecule has 0 unspecified atom stereocenters. The molecule has 2 aromatic rings. The second kappa shape index (κ2) is 36.4. The van der Waals surface area contributed by atoms with Crippen molar-refractivity contribution in [3.05, 3.63) is 23.8 Å². The molecule has 34 nitrogen and oxygen atoms in total. The maximum Gasteiger partial charge on any atom is 0.317 e. The number of nitrogens with zero attached hydrogens (tertiary/aromatic N) is 18. The van der Waals surface area contributed by atoms with Crippen molar-refractivity contribution in [3.8, 4) is 0 Å². The van der Waals surface area contributed by atoms with Crippen LogP contribution in [0.15, 0.2) is 12.4 Å². The Balaban J connectivity index is 1.21. The molecule has 3 saturated heterocycles. The second-order valence-corrected chi connectivity index (χ2v) is 21.5. The summed E-state index contributed by atoms with van der Waals surface area (Å²) in [5, 5.41) is 95.1. The van der Waals surface area contributed by atoms with Crippen molar-refractivity contribution in [3.63, 3.8) is 0 Å². The molecule has 0 saturated carbocycles. The Labute approximate surface area is 487 Å². The van der Waals surface area contributed by atoms with Gasteiger partial charge in [-0.05, 0) is 0 Å². The Morgan fingerprint density at radius 2 is 0.429 bits per heavy atom. The number of aliphatic carboxylic acids is 8. The van der Waals surface area contributed by atoms with Gasteiger partial charge in [0.15, 0.2) is 0 Å². The summed E-state index contributed by atoms with van der Waals surface area (Å²) in [6, 6.07) is 0. The number of carbonyl (C=O) groups is 8. The molecule has 0 aliphatic carbocycles. The summed E-state index contributed by atoms with van der Waals surface area (Å²) < 4.78 is 3.38. The van der Waals surface area contributed by atoms with Crippen LogP contribution in [0.3, 0.4) is 0 Å². The van der Waals surface area contributed by atoms with Crippen molar-refractivity contribution in [2.24, 2.45) is 0 Å². The molecule has 0 radical (unpaired) electrons. The Kier molecular flexibility index (Phi) is 29.6. The van der Waals surface area contributed by atoms with Crippen molar-refractivity contribution in [1.82, 2.24) is 88.8 Å². The third-order valence-electron chi connectivity index (χ3n) is 14.9. The molecule has 0 aromatic carbocycles. The molecule has 472 valence electrons. The normalized spacial score (nSPS) is 20.1. The third kappa shape index (κ3) is 28.4. The van der Waals surface area contributed by atoms with Crippen LogP contribution in [-0.4, -0.2) is 400 Å². The number of carboxylic acid groups (broad SMARTS) is 8. The van der Waals surface area contributed by atoms with Crippen LogP contribution in [0.4, 0.5) is 0 Å². The van der Waals surface area contributed by atoms with Crippen molar-refractivity contribution in [1.29, 1.82) is 0 Å². The van der Waals surface area contributed by atoms with Crippen LogP contribution in [0.1, 0.15) is 11.4 Å². The number of aromatic nitrogens is 6. The lowest BCUT2D eigenvalue weighted by molar-refractivity contribution is -0.140. The van der Waals surface area contributed by atoms with Gasteiger partial charge < -0.3 is 40.9 Å². The maximum absolute atomic E-state index is 12.2. The van der Waals surface area contributed by atoms with Crippen LogP contribution in [-0.2, 0) is 64.5 Å². The van der Waals surface area contributed by atoms with E-state index in [0.717, 1.165) is 0 Å². The minimum absolute atomic E-state index is 0.219. The van der Waals surface area contributed by atoms with Crippen molar-refractivity contribution in [2.75, 3.05) is 223 Å². The van der Waals surface area contributed by atoms with Crippen LogP contribution in [0.25, 0.3) is 0 Å². The van der Waals surface area contributed by atoms with E-state index in [2.05, 4.69) is 40.2 Å². The van der Waals surface area contributed by atoms with Gasteiger partial charge >= 0.3 is 47.8 Å². The van der Waals surface area contributed by atoms with Crippen LogP contribution in [0.5, 0.6) is 0 Å². The summed E-state index contributed by atoms with van der Waals surface area (Å²) in [5.41, 5.74) is 1.26. The molecule has 2 aromatic heterocycles. The summed E-state index contributed by atoms with van der Waals surface area (Å²) in [6.07, 6.45) is 3.62. The van der Waals surface area contributed by atoms with E-state index in [4.69, 9.17) is 0 Å². The number of hydrogen-bond acceptors (Lipinski definition) is 24. The highest BCUT2D eigenvalue weighted by molar-refractivity contribution is 5.71. The molecule has 3 aliphatic rings. The summed E-state index contributed by atoms with van der Waals surface area (Å²) in [6.45, 7) is 9.32. The molecule has 34 heteroatoms. The molecule has 5 heterocycles. The topological polar surface area (TPSA) is 399 Å². The SMILES string of the molecule is O=C(O)CN1CCN(CCn2cc(CN3CCN(CC(=O)O)CCN(Cc4cn(CCN5CCN(CC(=O)O)CCN(CC(=O)O)CCN(CC(=O)O)CC5)nn4)CCN(CC(=O)O)CC3)nn2)CCN(CC(=O)O)CCN(CC(=O)O)CC1. The first kappa shape index (κ1) is 68.3. The average molecular weight is 1200 g/mol. The fourth-order valence-corrected chi connectivity index (χ4v) is 10.3. The molecule has 3 aliphatic heterocycles. The third-order valence-corrected chi connectivity index (χ3v) is 14.9. The summed E-state index contributed by atoms with van der Waals surface area (Å²) in [4.78, 5) is 117. The van der Waals surface area contributed by atoms with Gasteiger partial charge in [0.2, 0.25) is 0 Å². The van der Waals surface area contributed by atoms with E-state index in [1.165, 1.54) is 0 Å². The lowest BCUT2D eigenvalue weighted by Crippen LogP contribution is -2.48. The van der Waals surface area contributed by atoms with Gasteiger partial charge in [0.1, 0.15) is 0 Å². The highest BCUT2D eigenvalue weighted by atomic mass is 16.4. The van der Waals surface area contributed by atoms with Gasteiger partial charge in [-0.3, -0.25) is 107 Å². The molecule has 0 spiro atoms. The Bertz CT molecular complexity index is 2160. The zero-order valence-corrected chi connectivity index (χ0v) is 47.9. The van der Waals surface area contributed by atoms with Gasteiger partial charge in [-0.15, -0.1) is 10.2 Å². The van der Waals surface area contributed by atoms with Crippen molar-refractivity contribution in [2.45, 2.75) is 26.2 Å². The van der Waals surface area contributed by atoms with E-state index in [-0.39, 0.29) is 78.5 Å². The van der Waals surface area contributed by atoms with E-state index in [0.29, 0.717) is 182 Å². The lowest BCUT2D eigenvalue weighted by Gasteiger charge is -2.33. The zero-order valence-electron chi connectivity index (χ0n) is 47.9. The van der Waals surface area contributed by atoms with Crippen LogP contribution in [0, 0.1) is 0 Å². The molecular formula is C50H86N18O16. The largest absolute Gasteiger partial charge is 0.480 e. The van der Waals surface area contributed by atoms with Gasteiger partial charge in [0.25, 0.3) is 0 Å². The summed E-state index contributed by atoms with van der Waals surface area (Å²) >= 11 is 0. The van der Waals surface area contributed by atoms with E-state index < -0.39 is 47.8 Å². The maximum atomic E-state index is 12.2. The predicted octanol–water partition coefficient (Wildman–Crippen LogP) is -6.09. The molecule has 5 rings (SSSR count). The first-order valence-corrected chi connectivity index (χ1v) is 28.3. The predicted molar refractivity (Wildman–Crippen MR) is 296 cm³/mol. The van der Waals surface area contributed by atoms with Gasteiger partial charge in [-0.1, -0.05) is 10.4 Å². The van der Waals surface area contributed by atoms with Crippen LogP contribution >= 0.6 is 0 Å². The van der Waals surface area contributed by atoms with Gasteiger partial charge in [-0.2, -0.15) is 0 Å². The van der Waals surface area contributed by atoms with Crippen LogP contribution < -0.4 is 0 Å². The Morgan fingerprint density at radius 1 is 0.262 bits per heavy atom. The quantitative estimate of drug-likeness (QED) is 0.0435. The van der Waals surface area contributed by atoms with Crippen molar-refractivity contribution < 1.29 is 79.2 Å². The molecule has 0 atom stereocenters. The summed E-state index contributed by atoms with van der Waals surface area (Å²) in [5.74, 6) is -8.11. The smallest absolute Gasteiger partial charge is 0.317 e. The van der Waals surface area contributed by atoms with E-state index in [1.807, 2.05) is 22.2 Å². The Morgan fingerprint density at radius 3 is 0.607 bits per heavy atom. The standard InChI is InChI=1S/C50H86N18O16/c69-43(70)33-59-5-1-55(2-6-60(34-44(71)72)18-22-65(21-17-59)39-49(81)82)25-27-67-31-41(51-53-67)29-57-9-13-63(37-47(77)78)15-11-58(12-16-64(14-10-57)38-48(79)80)30-42-32-68(54-52-42)28-26-56-3-7-61(35-45(73)74)19-23-66(40-50(83)84)24-20-62(8-4-56)36-46(75)76/h31-32H,1-30,33-40H2,(H,69,70)(H,71,72)(H,73,74)(H,75,76)(H,77,78)(H,79,80)(H,81,82)(H,83,84). The average Bonchev–Trinajstić information content (AvgIpc) is 4.23. The molecule has 84 heavy (non-hydrogen) atoms. The van der Waals surface area contributed by atoms with Crippen molar-refractivity contribution >= 4 is 47.8 Å². The Hall–Kier alpha value is -6.44. The fraction of sp³-hybridized carbons (Fsp3) is 0.760. The minimum atomic E-state index is -1.03. The van der Waals surface area contributed by atoms with E-state index in [9.17, 15) is 79.2 Å². The van der Waals surface area contributed by atoms with Crippen LogP contribution in [0.2, 0.25) is 0 Å². The number of carboxylic acids is 8. The van der Waals surface area contributed by atoms with Gasteiger partial charge in [-0.25, -0.2) is 0 Å². The van der Waals surface area contributed by atoms with E-state index in [1.54, 1.807) is 38.8 Å². The zero-order chi connectivity index (χ0) is 61.0. The van der Waals surface area contributed by atoms with Gasteiger partial charge in [0, 0.05) is 196 Å². The van der Waals surface area contributed by atoms with E-state index >= 15 is 0 Å². The monoisotopic (exact) mass is 1190 g/mol.